The summed E-state index contributed by atoms with van der Waals surface area (Å²) in [5.74, 6) is -0.0877. The van der Waals surface area contributed by atoms with Crippen molar-refractivity contribution in [3.8, 4) is 0 Å². The first kappa shape index (κ1) is 12.8. The average molecular weight is 244 g/mol. The Hall–Kier alpha value is -1.26. The molecular formula is C11H14ClNO3. The van der Waals surface area contributed by atoms with Crippen LogP contribution in [0.3, 0.4) is 0 Å². The lowest BCUT2D eigenvalue weighted by Gasteiger charge is -2.03. The molecule has 88 valence electrons. The highest BCUT2D eigenvalue weighted by Crippen LogP contribution is 2.12. The molecule has 1 rings (SSSR count). The molecule has 0 aliphatic rings. The fourth-order valence-electron chi connectivity index (χ4n) is 1.03. The van der Waals surface area contributed by atoms with Gasteiger partial charge in [0.2, 0.25) is 0 Å². The molecule has 0 saturated carbocycles. The number of furan rings is 1. The van der Waals surface area contributed by atoms with E-state index in [9.17, 15) is 4.79 Å². The lowest BCUT2D eigenvalue weighted by Crippen LogP contribution is -2.26. The second kappa shape index (κ2) is 7.09. The van der Waals surface area contributed by atoms with Gasteiger partial charge in [0, 0.05) is 6.54 Å². The van der Waals surface area contributed by atoms with Crippen molar-refractivity contribution in [3.05, 3.63) is 35.8 Å². The highest BCUT2D eigenvalue weighted by molar-refractivity contribution is 6.29. The summed E-state index contributed by atoms with van der Waals surface area (Å²) in [6, 6.07) is 3.05. The van der Waals surface area contributed by atoms with Crippen molar-refractivity contribution < 1.29 is 13.9 Å². The minimum Gasteiger partial charge on any atom is -0.440 e. The van der Waals surface area contributed by atoms with Crippen molar-refractivity contribution >= 4 is 17.5 Å². The van der Waals surface area contributed by atoms with Gasteiger partial charge in [-0.15, -0.1) is 6.58 Å². The van der Waals surface area contributed by atoms with Crippen LogP contribution in [0.15, 0.2) is 29.2 Å². The fourth-order valence-corrected chi connectivity index (χ4v) is 1.18. The summed E-state index contributed by atoms with van der Waals surface area (Å²) in [4.78, 5) is 11.4. The number of hydrogen-bond donors (Lipinski definition) is 1. The molecule has 0 fully saturated rings. The van der Waals surface area contributed by atoms with Gasteiger partial charge in [-0.1, -0.05) is 6.08 Å². The first-order chi connectivity index (χ1) is 7.74. The minimum absolute atomic E-state index is 0.201. The molecule has 4 nitrogen and oxygen atoms in total. The highest BCUT2D eigenvalue weighted by atomic mass is 35.5. The van der Waals surface area contributed by atoms with Crippen LogP contribution in [0, 0.1) is 0 Å². The van der Waals surface area contributed by atoms with Crippen molar-refractivity contribution in [3.63, 3.8) is 0 Å². The number of amides is 1. The van der Waals surface area contributed by atoms with Crippen molar-refractivity contribution in [2.24, 2.45) is 0 Å². The van der Waals surface area contributed by atoms with Crippen LogP contribution in [-0.2, 0) is 4.74 Å². The molecule has 0 aliphatic heterocycles. The van der Waals surface area contributed by atoms with Crippen molar-refractivity contribution in [1.82, 2.24) is 5.32 Å². The van der Waals surface area contributed by atoms with Gasteiger partial charge in [0.25, 0.3) is 5.91 Å². The molecule has 1 aromatic rings. The van der Waals surface area contributed by atoms with Crippen LogP contribution < -0.4 is 5.32 Å². The second-order valence-electron chi connectivity index (χ2n) is 3.05. The van der Waals surface area contributed by atoms with Gasteiger partial charge in [-0.2, -0.15) is 0 Å². The van der Waals surface area contributed by atoms with E-state index in [4.69, 9.17) is 20.8 Å². The van der Waals surface area contributed by atoms with Crippen molar-refractivity contribution in [1.29, 1.82) is 0 Å². The normalized spacial score (nSPS) is 10.1. The lowest BCUT2D eigenvalue weighted by atomic mass is 10.4. The Balaban J connectivity index is 2.13. The van der Waals surface area contributed by atoms with Gasteiger partial charge in [-0.3, -0.25) is 4.79 Å². The number of halogens is 1. The van der Waals surface area contributed by atoms with E-state index in [1.165, 1.54) is 12.1 Å². The van der Waals surface area contributed by atoms with Crippen molar-refractivity contribution in [2.75, 3.05) is 19.8 Å². The molecular weight excluding hydrogens is 230 g/mol. The van der Waals surface area contributed by atoms with Crippen LogP contribution in [0.2, 0.25) is 5.22 Å². The van der Waals surface area contributed by atoms with E-state index in [-0.39, 0.29) is 16.9 Å². The predicted molar refractivity (Wildman–Crippen MR) is 61.7 cm³/mol. The van der Waals surface area contributed by atoms with E-state index in [2.05, 4.69) is 11.9 Å². The molecule has 16 heavy (non-hydrogen) atoms. The summed E-state index contributed by atoms with van der Waals surface area (Å²) < 4.78 is 10.2. The summed E-state index contributed by atoms with van der Waals surface area (Å²) in [5.41, 5.74) is 0. The molecule has 0 spiro atoms. The van der Waals surface area contributed by atoms with E-state index in [0.29, 0.717) is 19.8 Å². The predicted octanol–water partition coefficient (Wildman–Crippen LogP) is 2.26. The summed E-state index contributed by atoms with van der Waals surface area (Å²) in [6.45, 7) is 5.10. The molecule has 0 aliphatic carbocycles. The van der Waals surface area contributed by atoms with Crippen LogP contribution >= 0.6 is 11.6 Å². The van der Waals surface area contributed by atoms with E-state index >= 15 is 0 Å². The standard InChI is InChI=1S/C11H14ClNO3/c1-2-3-7-15-8-6-13-11(14)9-4-5-10(12)16-9/h2,4-5H,1,3,6-8H2,(H,13,14). The molecule has 0 atom stereocenters. The largest absolute Gasteiger partial charge is 0.440 e. The van der Waals surface area contributed by atoms with Gasteiger partial charge in [0.05, 0.1) is 13.2 Å². The third kappa shape index (κ3) is 4.51. The van der Waals surface area contributed by atoms with Crippen LogP contribution in [0.5, 0.6) is 0 Å². The minimum atomic E-state index is -0.292. The van der Waals surface area contributed by atoms with E-state index < -0.39 is 0 Å². The molecule has 1 heterocycles. The number of carbonyl (C=O) groups is 1. The molecule has 0 unspecified atom stereocenters. The summed E-state index contributed by atoms with van der Waals surface area (Å²) in [6.07, 6.45) is 2.59. The third-order valence-corrected chi connectivity index (χ3v) is 2.00. The van der Waals surface area contributed by atoms with Crippen LogP contribution in [0.1, 0.15) is 17.0 Å². The van der Waals surface area contributed by atoms with Gasteiger partial charge in [0.1, 0.15) is 0 Å². The van der Waals surface area contributed by atoms with Gasteiger partial charge in [-0.25, -0.2) is 0 Å². The number of ether oxygens (including phenoxy) is 1. The van der Waals surface area contributed by atoms with Crippen LogP contribution in [-0.4, -0.2) is 25.7 Å². The van der Waals surface area contributed by atoms with Crippen LogP contribution in [0.4, 0.5) is 0 Å². The fraction of sp³-hybridized carbons (Fsp3) is 0.364. The molecule has 0 saturated heterocycles. The van der Waals surface area contributed by atoms with Gasteiger partial charge in [0.15, 0.2) is 11.0 Å². The number of hydrogen-bond acceptors (Lipinski definition) is 3. The topological polar surface area (TPSA) is 51.5 Å². The SMILES string of the molecule is C=CCCOCCNC(=O)c1ccc(Cl)o1. The third-order valence-electron chi connectivity index (χ3n) is 1.80. The first-order valence-corrected chi connectivity index (χ1v) is 5.34. The maximum absolute atomic E-state index is 11.4. The zero-order valence-electron chi connectivity index (χ0n) is 8.87. The molecule has 1 amide bonds. The molecule has 0 bridgehead atoms. The van der Waals surface area contributed by atoms with Crippen molar-refractivity contribution in [2.45, 2.75) is 6.42 Å². The molecule has 0 aromatic carbocycles. The Morgan fingerprint density at radius 2 is 2.38 bits per heavy atom. The smallest absolute Gasteiger partial charge is 0.287 e. The quantitative estimate of drug-likeness (QED) is 0.590. The Bertz CT molecular complexity index is 349. The maximum Gasteiger partial charge on any atom is 0.287 e. The lowest BCUT2D eigenvalue weighted by molar-refractivity contribution is 0.0891. The Morgan fingerprint density at radius 1 is 1.56 bits per heavy atom. The highest BCUT2D eigenvalue weighted by Gasteiger charge is 2.08. The molecule has 1 aromatic heterocycles. The first-order valence-electron chi connectivity index (χ1n) is 4.96. The summed E-state index contributed by atoms with van der Waals surface area (Å²) >= 11 is 5.54. The van der Waals surface area contributed by atoms with E-state index in [0.717, 1.165) is 6.42 Å². The second-order valence-corrected chi connectivity index (χ2v) is 3.42. The molecule has 0 radical (unpaired) electrons. The summed E-state index contributed by atoms with van der Waals surface area (Å²) in [5, 5.41) is 2.85. The zero-order chi connectivity index (χ0) is 11.8. The monoisotopic (exact) mass is 243 g/mol. The van der Waals surface area contributed by atoms with Gasteiger partial charge >= 0.3 is 0 Å². The molecule has 5 heteroatoms. The zero-order valence-corrected chi connectivity index (χ0v) is 9.63. The number of nitrogens with one attached hydrogen (secondary N) is 1. The van der Waals surface area contributed by atoms with Crippen LogP contribution in [0.25, 0.3) is 0 Å². The van der Waals surface area contributed by atoms with Gasteiger partial charge < -0.3 is 14.5 Å². The Labute approximate surface area is 99.2 Å². The number of carbonyl (C=O) groups excluding carboxylic acids is 1. The molecule has 1 N–H and O–H groups in total. The van der Waals surface area contributed by atoms with E-state index in [1.807, 2.05) is 0 Å². The van der Waals surface area contributed by atoms with E-state index in [1.54, 1.807) is 6.08 Å². The number of rotatable bonds is 7. The Kier molecular flexibility index (Phi) is 5.67. The maximum atomic E-state index is 11.4. The van der Waals surface area contributed by atoms with Gasteiger partial charge in [-0.05, 0) is 30.2 Å². The average Bonchev–Trinajstić information content (AvgIpc) is 2.70. The summed E-state index contributed by atoms with van der Waals surface area (Å²) in [7, 11) is 0. The Morgan fingerprint density at radius 3 is 3.00 bits per heavy atom.